The third-order valence-corrected chi connectivity index (χ3v) is 6.11. The van der Waals surface area contributed by atoms with Gasteiger partial charge in [0.1, 0.15) is 5.25 Å². The molecule has 1 N–H and O–H groups in total. The van der Waals surface area contributed by atoms with Gasteiger partial charge in [-0.05, 0) is 36.5 Å². The lowest BCUT2D eigenvalue weighted by molar-refractivity contribution is -0.120. The Morgan fingerprint density at radius 3 is 2.52 bits per heavy atom. The first kappa shape index (κ1) is 19.7. The van der Waals surface area contributed by atoms with Crippen molar-refractivity contribution in [2.24, 2.45) is 5.92 Å². The number of para-hydroxylation sites is 1. The van der Waals surface area contributed by atoms with Gasteiger partial charge in [0, 0.05) is 12.6 Å². The van der Waals surface area contributed by atoms with Crippen LogP contribution in [-0.4, -0.2) is 21.5 Å². The molecule has 2 aromatic carbocycles. The summed E-state index contributed by atoms with van der Waals surface area (Å²) in [6.45, 7) is 4.71. The van der Waals surface area contributed by atoms with E-state index in [0.29, 0.717) is 22.6 Å². The van der Waals surface area contributed by atoms with Crippen molar-refractivity contribution < 1.29 is 4.79 Å². The van der Waals surface area contributed by atoms with E-state index in [2.05, 4.69) is 19.2 Å². The molecule has 0 unspecified atom stereocenters. The number of hydrogen-bond acceptors (Lipinski definition) is 4. The molecule has 29 heavy (non-hydrogen) atoms. The minimum atomic E-state index is -0.455. The maximum atomic E-state index is 13.2. The number of carbonyl (C=O) groups is 1. The molecule has 0 radical (unpaired) electrons. The molecule has 6 heteroatoms. The number of benzene rings is 2. The van der Waals surface area contributed by atoms with Crippen LogP contribution in [0, 0.1) is 5.92 Å². The van der Waals surface area contributed by atoms with E-state index in [9.17, 15) is 9.59 Å². The number of fused-ring (bicyclic) bond motifs is 1. The molecule has 1 aliphatic rings. The van der Waals surface area contributed by atoms with Gasteiger partial charge in [0.15, 0.2) is 5.16 Å². The van der Waals surface area contributed by atoms with E-state index in [-0.39, 0.29) is 23.4 Å². The Hall–Kier alpha value is -2.60. The van der Waals surface area contributed by atoms with Crippen LogP contribution in [0.2, 0.25) is 0 Å². The highest BCUT2D eigenvalue weighted by atomic mass is 32.2. The first-order valence-corrected chi connectivity index (χ1v) is 10.9. The summed E-state index contributed by atoms with van der Waals surface area (Å²) in [5.41, 5.74) is 1.52. The quantitative estimate of drug-likeness (QED) is 0.472. The van der Waals surface area contributed by atoms with Crippen molar-refractivity contribution >= 4 is 28.6 Å². The van der Waals surface area contributed by atoms with Crippen LogP contribution in [-0.2, 0) is 11.3 Å². The third kappa shape index (κ3) is 4.53. The molecule has 1 fully saturated rings. The summed E-state index contributed by atoms with van der Waals surface area (Å²) >= 11 is 1.36. The lowest BCUT2D eigenvalue weighted by Gasteiger charge is -2.20. The van der Waals surface area contributed by atoms with Crippen LogP contribution in [0.1, 0.15) is 37.5 Å². The van der Waals surface area contributed by atoms with Crippen LogP contribution in [0.25, 0.3) is 10.9 Å². The summed E-state index contributed by atoms with van der Waals surface area (Å²) in [5, 5.41) is 3.85. The highest BCUT2D eigenvalue weighted by Crippen LogP contribution is 2.36. The third-order valence-electron chi connectivity index (χ3n) is 4.86. The highest BCUT2D eigenvalue weighted by molar-refractivity contribution is 8.00. The molecule has 4 rings (SSSR count). The molecule has 5 nitrogen and oxygen atoms in total. The number of nitrogens with zero attached hydrogens (tertiary/aromatic N) is 2. The zero-order valence-corrected chi connectivity index (χ0v) is 17.5. The summed E-state index contributed by atoms with van der Waals surface area (Å²) in [6, 6.07) is 17.4. The fourth-order valence-corrected chi connectivity index (χ4v) is 4.39. The zero-order chi connectivity index (χ0) is 20.4. The van der Waals surface area contributed by atoms with Crippen LogP contribution < -0.4 is 10.9 Å². The molecule has 3 aromatic rings. The maximum Gasteiger partial charge on any atom is 0.262 e. The average Bonchev–Trinajstić information content (AvgIpc) is 3.53. The van der Waals surface area contributed by atoms with E-state index in [1.807, 2.05) is 54.6 Å². The van der Waals surface area contributed by atoms with Crippen molar-refractivity contribution in [3.63, 3.8) is 0 Å². The van der Waals surface area contributed by atoms with E-state index in [1.165, 1.54) is 11.8 Å². The maximum absolute atomic E-state index is 13.2. The van der Waals surface area contributed by atoms with Gasteiger partial charge in [-0.3, -0.25) is 14.2 Å². The molecule has 150 valence electrons. The molecule has 1 aromatic heterocycles. The van der Waals surface area contributed by atoms with E-state index in [4.69, 9.17) is 4.98 Å². The zero-order valence-electron chi connectivity index (χ0n) is 16.7. The van der Waals surface area contributed by atoms with E-state index in [0.717, 1.165) is 18.4 Å². The van der Waals surface area contributed by atoms with Gasteiger partial charge in [-0.15, -0.1) is 0 Å². The van der Waals surface area contributed by atoms with Crippen LogP contribution in [0.5, 0.6) is 0 Å². The second kappa shape index (κ2) is 8.41. The van der Waals surface area contributed by atoms with Gasteiger partial charge in [-0.2, -0.15) is 0 Å². The first-order chi connectivity index (χ1) is 14.0. The second-order valence-corrected chi connectivity index (χ2v) is 8.98. The SMILES string of the molecule is CC(C)Cn1c(S[C@H](C(=O)NC2CC2)c2ccccc2)nc2ccccc2c1=O. The predicted molar refractivity (Wildman–Crippen MR) is 117 cm³/mol. The summed E-state index contributed by atoms with van der Waals surface area (Å²) in [7, 11) is 0. The fraction of sp³-hybridized carbons (Fsp3) is 0.348. The molecule has 1 amide bonds. The molecule has 0 spiro atoms. The second-order valence-electron chi connectivity index (χ2n) is 7.91. The molecular weight excluding hydrogens is 382 g/mol. The lowest BCUT2D eigenvalue weighted by Crippen LogP contribution is -2.31. The number of hydrogen-bond donors (Lipinski definition) is 1. The minimum Gasteiger partial charge on any atom is -0.352 e. The van der Waals surface area contributed by atoms with Gasteiger partial charge in [0.25, 0.3) is 5.56 Å². The van der Waals surface area contributed by atoms with Crippen LogP contribution in [0.3, 0.4) is 0 Å². The van der Waals surface area contributed by atoms with E-state index in [1.54, 1.807) is 4.57 Å². The van der Waals surface area contributed by atoms with E-state index >= 15 is 0 Å². The Balaban J connectivity index is 1.78. The molecule has 1 atom stereocenters. The Kier molecular flexibility index (Phi) is 5.72. The summed E-state index contributed by atoms with van der Waals surface area (Å²) < 4.78 is 1.72. The number of rotatable bonds is 7. The standard InChI is InChI=1S/C23H25N3O2S/c1-15(2)14-26-22(28)18-10-6-7-11-19(18)25-23(26)29-20(16-8-4-3-5-9-16)21(27)24-17-12-13-17/h3-11,15,17,20H,12-14H2,1-2H3,(H,24,27)/t20-/m0/s1. The van der Waals surface area contributed by atoms with Gasteiger partial charge in [-0.25, -0.2) is 4.98 Å². The number of carbonyl (C=O) groups excluding carboxylic acids is 1. The van der Waals surface area contributed by atoms with Gasteiger partial charge >= 0.3 is 0 Å². The van der Waals surface area contributed by atoms with Gasteiger partial charge in [0.05, 0.1) is 10.9 Å². The summed E-state index contributed by atoms with van der Waals surface area (Å²) in [6.07, 6.45) is 2.06. The van der Waals surface area contributed by atoms with Gasteiger partial charge in [-0.1, -0.05) is 68.1 Å². The molecule has 1 heterocycles. The number of nitrogens with one attached hydrogen (secondary N) is 1. The van der Waals surface area contributed by atoms with Crippen molar-refractivity contribution in [2.45, 2.75) is 49.7 Å². The Bertz CT molecular complexity index is 1070. The molecule has 1 aliphatic carbocycles. The topological polar surface area (TPSA) is 64.0 Å². The normalized spacial score (nSPS) is 14.9. The van der Waals surface area contributed by atoms with Crippen molar-refractivity contribution in [2.75, 3.05) is 0 Å². The highest BCUT2D eigenvalue weighted by Gasteiger charge is 2.30. The predicted octanol–water partition coefficient (Wildman–Crippen LogP) is 4.16. The van der Waals surface area contributed by atoms with Gasteiger partial charge in [0.2, 0.25) is 5.91 Å². The van der Waals surface area contributed by atoms with Crippen LogP contribution in [0.4, 0.5) is 0 Å². The Morgan fingerprint density at radius 2 is 1.83 bits per heavy atom. The number of amides is 1. The lowest BCUT2D eigenvalue weighted by atomic mass is 10.1. The van der Waals surface area contributed by atoms with Gasteiger partial charge < -0.3 is 5.32 Å². The van der Waals surface area contributed by atoms with Crippen molar-refractivity contribution in [3.05, 3.63) is 70.5 Å². The molecule has 0 saturated heterocycles. The smallest absolute Gasteiger partial charge is 0.262 e. The fourth-order valence-electron chi connectivity index (χ4n) is 3.27. The summed E-state index contributed by atoms with van der Waals surface area (Å²) in [5.74, 6) is 0.257. The van der Waals surface area contributed by atoms with Crippen molar-refractivity contribution in [1.82, 2.24) is 14.9 Å². The average molecular weight is 408 g/mol. The molecule has 0 bridgehead atoms. The molecule has 0 aliphatic heterocycles. The molecular formula is C23H25N3O2S. The van der Waals surface area contributed by atoms with Crippen molar-refractivity contribution in [3.8, 4) is 0 Å². The minimum absolute atomic E-state index is 0.0257. The van der Waals surface area contributed by atoms with Crippen molar-refractivity contribution in [1.29, 1.82) is 0 Å². The monoisotopic (exact) mass is 407 g/mol. The Labute approximate surface area is 174 Å². The molecule has 1 saturated carbocycles. The number of aromatic nitrogens is 2. The van der Waals surface area contributed by atoms with E-state index < -0.39 is 5.25 Å². The summed E-state index contributed by atoms with van der Waals surface area (Å²) in [4.78, 5) is 31.0. The largest absolute Gasteiger partial charge is 0.352 e. The van der Waals surface area contributed by atoms with Crippen LogP contribution >= 0.6 is 11.8 Å². The first-order valence-electron chi connectivity index (χ1n) is 10.0. The Morgan fingerprint density at radius 1 is 1.14 bits per heavy atom. The van der Waals surface area contributed by atoms with Crippen LogP contribution in [0.15, 0.2) is 64.5 Å². The number of thioether (sulfide) groups is 1.